The molecular weight excluding hydrogens is 418 g/mol. The van der Waals surface area contributed by atoms with Crippen LogP contribution < -0.4 is 4.74 Å². The molecule has 144 valence electrons. The second-order valence-electron chi connectivity index (χ2n) is 6.44. The van der Waals surface area contributed by atoms with E-state index in [4.69, 9.17) is 4.74 Å². The van der Waals surface area contributed by atoms with Crippen molar-refractivity contribution in [2.75, 3.05) is 7.11 Å². The Kier molecular flexibility index (Phi) is 7.14. The minimum absolute atomic E-state index is 0.104. The SMILES string of the molecule is COc1ccc(CCC(=O)N(Cc2ccncc2)Cc2cccnc2)cc1Br. The predicted molar refractivity (Wildman–Crippen MR) is 112 cm³/mol. The summed E-state index contributed by atoms with van der Waals surface area (Å²) >= 11 is 3.50. The van der Waals surface area contributed by atoms with Gasteiger partial charge in [-0.2, -0.15) is 0 Å². The van der Waals surface area contributed by atoms with Gasteiger partial charge in [0.05, 0.1) is 11.6 Å². The number of rotatable bonds is 8. The number of amides is 1. The van der Waals surface area contributed by atoms with E-state index in [1.54, 1.807) is 31.9 Å². The number of aryl methyl sites for hydroxylation is 1. The third-order valence-electron chi connectivity index (χ3n) is 4.42. The Hall–Kier alpha value is -2.73. The number of pyridine rings is 2. The molecule has 6 heteroatoms. The quantitative estimate of drug-likeness (QED) is 0.521. The van der Waals surface area contributed by atoms with Crippen LogP contribution in [0.4, 0.5) is 0 Å². The van der Waals surface area contributed by atoms with Crippen molar-refractivity contribution in [3.63, 3.8) is 0 Å². The first kappa shape index (κ1) is 20.0. The summed E-state index contributed by atoms with van der Waals surface area (Å²) in [5, 5.41) is 0. The number of nitrogens with zero attached hydrogens (tertiary/aromatic N) is 3. The molecule has 0 fully saturated rings. The normalized spacial score (nSPS) is 10.5. The smallest absolute Gasteiger partial charge is 0.223 e. The van der Waals surface area contributed by atoms with Gasteiger partial charge in [-0.05, 0) is 69.4 Å². The standard InChI is InChI=1S/C22H22BrN3O2/c1-28-21-6-4-17(13-20(21)23)5-7-22(27)26(15-18-8-11-24-12-9-18)16-19-3-2-10-25-14-19/h2-4,6,8-14H,5,7,15-16H2,1H3. The van der Waals surface area contributed by atoms with Crippen molar-refractivity contribution in [1.82, 2.24) is 14.9 Å². The highest BCUT2D eigenvalue weighted by molar-refractivity contribution is 9.10. The van der Waals surface area contributed by atoms with Crippen molar-refractivity contribution < 1.29 is 9.53 Å². The summed E-state index contributed by atoms with van der Waals surface area (Å²) in [6.07, 6.45) is 8.13. The van der Waals surface area contributed by atoms with Gasteiger partial charge in [0, 0.05) is 44.3 Å². The molecule has 28 heavy (non-hydrogen) atoms. The first-order valence-corrected chi connectivity index (χ1v) is 9.83. The van der Waals surface area contributed by atoms with Gasteiger partial charge >= 0.3 is 0 Å². The zero-order valence-electron chi connectivity index (χ0n) is 15.7. The van der Waals surface area contributed by atoms with Gasteiger partial charge in [-0.15, -0.1) is 0 Å². The number of hydrogen-bond donors (Lipinski definition) is 0. The van der Waals surface area contributed by atoms with Crippen molar-refractivity contribution in [3.8, 4) is 5.75 Å². The predicted octanol–water partition coefficient (Wildman–Crippen LogP) is 4.41. The molecule has 3 aromatic rings. The molecule has 3 rings (SSSR count). The number of hydrogen-bond acceptors (Lipinski definition) is 4. The molecular formula is C22H22BrN3O2. The van der Waals surface area contributed by atoms with Gasteiger partial charge < -0.3 is 9.64 Å². The lowest BCUT2D eigenvalue weighted by Gasteiger charge is -2.23. The summed E-state index contributed by atoms with van der Waals surface area (Å²) in [4.78, 5) is 23.1. The van der Waals surface area contributed by atoms with E-state index >= 15 is 0 Å². The topological polar surface area (TPSA) is 55.3 Å². The fraction of sp³-hybridized carbons (Fsp3) is 0.227. The van der Waals surface area contributed by atoms with Gasteiger partial charge in [-0.1, -0.05) is 12.1 Å². The summed E-state index contributed by atoms with van der Waals surface area (Å²) in [7, 11) is 1.64. The maximum Gasteiger partial charge on any atom is 0.223 e. The van der Waals surface area contributed by atoms with E-state index in [-0.39, 0.29) is 5.91 Å². The van der Waals surface area contributed by atoms with E-state index < -0.39 is 0 Å². The molecule has 0 aliphatic carbocycles. The van der Waals surface area contributed by atoms with Crippen LogP contribution in [-0.4, -0.2) is 27.9 Å². The van der Waals surface area contributed by atoms with Crippen LogP contribution in [-0.2, 0) is 24.3 Å². The van der Waals surface area contributed by atoms with Gasteiger partial charge in [0.15, 0.2) is 0 Å². The molecule has 0 bridgehead atoms. The Bertz CT molecular complexity index is 863. The molecule has 0 saturated heterocycles. The van der Waals surface area contributed by atoms with Crippen LogP contribution >= 0.6 is 15.9 Å². The second kappa shape index (κ2) is 9.99. The third kappa shape index (κ3) is 5.63. The molecule has 0 radical (unpaired) electrons. The van der Waals surface area contributed by atoms with Gasteiger partial charge in [-0.3, -0.25) is 14.8 Å². The van der Waals surface area contributed by atoms with Gasteiger partial charge in [-0.25, -0.2) is 0 Å². The highest BCUT2D eigenvalue weighted by atomic mass is 79.9. The molecule has 0 N–H and O–H groups in total. The monoisotopic (exact) mass is 439 g/mol. The van der Waals surface area contributed by atoms with Crippen LogP contribution in [0.1, 0.15) is 23.1 Å². The van der Waals surface area contributed by atoms with Gasteiger partial charge in [0.25, 0.3) is 0 Å². The Morgan fingerprint density at radius 3 is 2.46 bits per heavy atom. The zero-order chi connectivity index (χ0) is 19.8. The van der Waals surface area contributed by atoms with Crippen molar-refractivity contribution >= 4 is 21.8 Å². The summed E-state index contributed by atoms with van der Waals surface area (Å²) in [6.45, 7) is 1.07. The van der Waals surface area contributed by atoms with E-state index in [1.165, 1.54) is 0 Å². The molecule has 5 nitrogen and oxygen atoms in total. The Morgan fingerprint density at radius 1 is 1.00 bits per heavy atom. The lowest BCUT2D eigenvalue weighted by Crippen LogP contribution is -2.30. The number of carbonyl (C=O) groups excluding carboxylic acids is 1. The van der Waals surface area contributed by atoms with Gasteiger partial charge in [0.1, 0.15) is 5.75 Å². The number of aromatic nitrogens is 2. The number of methoxy groups -OCH3 is 1. The largest absolute Gasteiger partial charge is 0.496 e. The Labute approximate surface area is 173 Å². The molecule has 0 unspecified atom stereocenters. The summed E-state index contributed by atoms with van der Waals surface area (Å²) < 4.78 is 6.16. The number of carbonyl (C=O) groups is 1. The van der Waals surface area contributed by atoms with Crippen molar-refractivity contribution in [2.45, 2.75) is 25.9 Å². The van der Waals surface area contributed by atoms with Crippen molar-refractivity contribution in [2.24, 2.45) is 0 Å². The molecule has 2 aromatic heterocycles. The Balaban J connectivity index is 1.69. The molecule has 0 spiro atoms. The van der Waals surface area contributed by atoms with Crippen LogP contribution in [0, 0.1) is 0 Å². The van der Waals surface area contributed by atoms with Crippen LogP contribution in [0.2, 0.25) is 0 Å². The van der Waals surface area contributed by atoms with Crippen molar-refractivity contribution in [3.05, 3.63) is 88.4 Å². The fourth-order valence-electron chi connectivity index (χ4n) is 2.93. The molecule has 0 aliphatic rings. The summed E-state index contributed by atoms with van der Waals surface area (Å²) in [6, 6.07) is 13.6. The number of halogens is 1. The first-order valence-electron chi connectivity index (χ1n) is 9.03. The van der Waals surface area contributed by atoms with Crippen molar-refractivity contribution in [1.29, 1.82) is 0 Å². The summed E-state index contributed by atoms with van der Waals surface area (Å²) in [5.74, 6) is 0.888. The highest BCUT2D eigenvalue weighted by Gasteiger charge is 2.15. The highest BCUT2D eigenvalue weighted by Crippen LogP contribution is 2.26. The van der Waals surface area contributed by atoms with Crippen LogP contribution in [0.15, 0.2) is 71.7 Å². The minimum atomic E-state index is 0.104. The minimum Gasteiger partial charge on any atom is -0.496 e. The molecule has 0 saturated carbocycles. The van der Waals surface area contributed by atoms with E-state index in [1.807, 2.05) is 47.4 Å². The molecule has 0 aliphatic heterocycles. The average molecular weight is 440 g/mol. The van der Waals surface area contributed by atoms with E-state index in [2.05, 4.69) is 25.9 Å². The molecule has 1 aromatic carbocycles. The number of ether oxygens (including phenoxy) is 1. The lowest BCUT2D eigenvalue weighted by molar-refractivity contribution is -0.132. The van der Waals surface area contributed by atoms with E-state index in [0.717, 1.165) is 26.9 Å². The maximum absolute atomic E-state index is 13.0. The Morgan fingerprint density at radius 2 is 1.79 bits per heavy atom. The van der Waals surface area contributed by atoms with Crippen LogP contribution in [0.5, 0.6) is 5.75 Å². The molecule has 1 amide bonds. The molecule has 0 atom stereocenters. The van der Waals surface area contributed by atoms with Gasteiger partial charge in [0.2, 0.25) is 5.91 Å². The van der Waals surface area contributed by atoms with E-state index in [0.29, 0.717) is 25.9 Å². The second-order valence-corrected chi connectivity index (χ2v) is 7.29. The molecule has 2 heterocycles. The van der Waals surface area contributed by atoms with E-state index in [9.17, 15) is 4.79 Å². The maximum atomic E-state index is 13.0. The van der Waals surface area contributed by atoms with Crippen LogP contribution in [0.3, 0.4) is 0 Å². The third-order valence-corrected chi connectivity index (χ3v) is 5.04. The first-order chi connectivity index (χ1) is 13.7. The average Bonchev–Trinajstić information content (AvgIpc) is 2.73. The lowest BCUT2D eigenvalue weighted by atomic mass is 10.1. The summed E-state index contributed by atoms with van der Waals surface area (Å²) in [5.41, 5.74) is 3.16. The zero-order valence-corrected chi connectivity index (χ0v) is 17.3. The van der Waals surface area contributed by atoms with Crippen LogP contribution in [0.25, 0.3) is 0 Å². The fourth-order valence-corrected chi connectivity index (χ4v) is 3.52. The number of benzene rings is 1.